The molecule has 1 saturated heterocycles. The number of hydrogen-bond acceptors (Lipinski definition) is 1. The second kappa shape index (κ2) is 8.96. The zero-order valence-corrected chi connectivity index (χ0v) is 13.1. The van der Waals surface area contributed by atoms with Crippen molar-refractivity contribution in [2.45, 2.75) is 97.7 Å². The smallest absolute Gasteiger partial charge is 0.0872 e. The third-order valence-electron chi connectivity index (χ3n) is 4.46. The molecule has 108 valence electrons. The predicted molar refractivity (Wildman–Crippen MR) is 79.9 cm³/mol. The monoisotopic (exact) mass is 254 g/mol. The summed E-state index contributed by atoms with van der Waals surface area (Å²) >= 11 is 0. The Morgan fingerprint density at radius 3 is 1.78 bits per heavy atom. The quantitative estimate of drug-likeness (QED) is 0.439. The molecule has 18 heavy (non-hydrogen) atoms. The molecule has 1 aliphatic heterocycles. The molecule has 0 spiro atoms. The van der Waals surface area contributed by atoms with Crippen LogP contribution in [0.15, 0.2) is 0 Å². The zero-order chi connectivity index (χ0) is 13.4. The third-order valence-corrected chi connectivity index (χ3v) is 4.46. The van der Waals surface area contributed by atoms with Gasteiger partial charge in [-0.05, 0) is 31.1 Å². The van der Waals surface area contributed by atoms with Gasteiger partial charge in [0.05, 0.1) is 12.2 Å². The molecule has 0 radical (unpaired) electrons. The number of unbranched alkanes of at least 4 members (excludes halogenated alkanes) is 3. The van der Waals surface area contributed by atoms with Crippen molar-refractivity contribution in [1.82, 2.24) is 0 Å². The molecule has 0 N–H and O–H groups in total. The van der Waals surface area contributed by atoms with Gasteiger partial charge in [0.25, 0.3) is 0 Å². The van der Waals surface area contributed by atoms with Crippen molar-refractivity contribution in [2.24, 2.45) is 11.8 Å². The zero-order valence-electron chi connectivity index (χ0n) is 13.1. The Balaban J connectivity index is 2.31. The first-order chi connectivity index (χ1) is 8.74. The highest BCUT2D eigenvalue weighted by molar-refractivity contribution is 4.93. The summed E-state index contributed by atoms with van der Waals surface area (Å²) < 4.78 is 6.03. The van der Waals surface area contributed by atoms with Gasteiger partial charge in [-0.15, -0.1) is 0 Å². The van der Waals surface area contributed by atoms with Crippen molar-refractivity contribution in [3.05, 3.63) is 0 Å². The van der Waals surface area contributed by atoms with Crippen LogP contribution in [0.2, 0.25) is 0 Å². The molecule has 3 unspecified atom stereocenters. The van der Waals surface area contributed by atoms with Crippen molar-refractivity contribution in [3.63, 3.8) is 0 Å². The first-order valence-corrected chi connectivity index (χ1v) is 8.39. The third kappa shape index (κ3) is 5.30. The fourth-order valence-corrected chi connectivity index (χ4v) is 3.07. The summed E-state index contributed by atoms with van der Waals surface area (Å²) in [5, 5.41) is 0. The van der Waals surface area contributed by atoms with Gasteiger partial charge >= 0.3 is 0 Å². The fourth-order valence-electron chi connectivity index (χ4n) is 3.07. The van der Waals surface area contributed by atoms with E-state index in [1.807, 2.05) is 0 Å². The summed E-state index contributed by atoms with van der Waals surface area (Å²) in [6, 6.07) is 0. The molecule has 1 aliphatic rings. The van der Waals surface area contributed by atoms with E-state index in [1.54, 1.807) is 0 Å². The van der Waals surface area contributed by atoms with Gasteiger partial charge in [-0.2, -0.15) is 0 Å². The van der Waals surface area contributed by atoms with Gasteiger partial charge in [-0.3, -0.25) is 0 Å². The van der Waals surface area contributed by atoms with Crippen LogP contribution in [0.25, 0.3) is 0 Å². The molecule has 1 heteroatoms. The molecule has 0 aliphatic carbocycles. The topological polar surface area (TPSA) is 12.5 Å². The first-order valence-electron chi connectivity index (χ1n) is 8.39. The molecule has 0 bridgehead atoms. The molecule has 3 atom stereocenters. The largest absolute Gasteiger partial charge is 0.369 e. The maximum atomic E-state index is 6.03. The lowest BCUT2D eigenvalue weighted by molar-refractivity contribution is 0.272. The van der Waals surface area contributed by atoms with Gasteiger partial charge in [0.1, 0.15) is 0 Å². The number of rotatable bonds is 11. The molecule has 1 heterocycles. The van der Waals surface area contributed by atoms with Crippen LogP contribution in [0.1, 0.15) is 85.5 Å². The van der Waals surface area contributed by atoms with E-state index in [-0.39, 0.29) is 0 Å². The van der Waals surface area contributed by atoms with Crippen molar-refractivity contribution in [2.75, 3.05) is 0 Å². The molecular weight excluding hydrogens is 220 g/mol. The Labute approximate surface area is 115 Å². The van der Waals surface area contributed by atoms with Crippen LogP contribution < -0.4 is 0 Å². The lowest BCUT2D eigenvalue weighted by atomic mass is 9.87. The summed E-state index contributed by atoms with van der Waals surface area (Å²) in [6.07, 6.45) is 13.4. The second-order valence-electron chi connectivity index (χ2n) is 6.23. The van der Waals surface area contributed by atoms with Gasteiger partial charge in [-0.1, -0.05) is 66.2 Å². The molecule has 0 saturated carbocycles. The Morgan fingerprint density at radius 1 is 0.778 bits per heavy atom. The minimum absolute atomic E-state index is 0.593. The summed E-state index contributed by atoms with van der Waals surface area (Å²) in [4.78, 5) is 0. The average molecular weight is 254 g/mol. The fraction of sp³-hybridized carbons (Fsp3) is 1.00. The molecular formula is C17H34O. The molecule has 1 rings (SSSR count). The highest BCUT2D eigenvalue weighted by Crippen LogP contribution is 2.40. The van der Waals surface area contributed by atoms with Crippen LogP contribution in [0.3, 0.4) is 0 Å². The van der Waals surface area contributed by atoms with E-state index in [0.29, 0.717) is 12.2 Å². The summed E-state index contributed by atoms with van der Waals surface area (Å²) in [5.41, 5.74) is 0. The van der Waals surface area contributed by atoms with Gasteiger partial charge in [0, 0.05) is 0 Å². The van der Waals surface area contributed by atoms with Crippen molar-refractivity contribution >= 4 is 0 Å². The van der Waals surface area contributed by atoms with Crippen LogP contribution in [0.4, 0.5) is 0 Å². The maximum Gasteiger partial charge on any atom is 0.0872 e. The summed E-state index contributed by atoms with van der Waals surface area (Å²) in [6.45, 7) is 9.26. The Hall–Kier alpha value is -0.0400. The lowest BCUT2D eigenvalue weighted by Crippen LogP contribution is -2.15. The van der Waals surface area contributed by atoms with E-state index in [4.69, 9.17) is 4.74 Å². The van der Waals surface area contributed by atoms with Crippen LogP contribution in [-0.4, -0.2) is 12.2 Å². The van der Waals surface area contributed by atoms with Gasteiger partial charge in [-0.25, -0.2) is 0 Å². The molecule has 0 aromatic carbocycles. The van der Waals surface area contributed by atoms with E-state index in [9.17, 15) is 0 Å². The molecule has 1 nitrogen and oxygen atoms in total. The minimum atomic E-state index is 0.593. The van der Waals surface area contributed by atoms with Crippen molar-refractivity contribution in [3.8, 4) is 0 Å². The highest BCUT2D eigenvalue weighted by atomic mass is 16.6. The number of hydrogen-bond donors (Lipinski definition) is 0. The standard InChI is InChI=1S/C17H34O/c1-5-8-11-14(4)16-17(18-16)15(12-9-6-2)13-10-7-3/h14-17H,5-13H2,1-4H3. The SMILES string of the molecule is CCCCC(C)C1OC1C(CCCC)CCCC. The average Bonchev–Trinajstić information content (AvgIpc) is 3.16. The summed E-state index contributed by atoms with van der Waals surface area (Å²) in [7, 11) is 0. The number of ether oxygens (including phenoxy) is 1. The lowest BCUT2D eigenvalue weighted by Gasteiger charge is -2.15. The van der Waals surface area contributed by atoms with Crippen LogP contribution in [-0.2, 0) is 4.74 Å². The van der Waals surface area contributed by atoms with Crippen molar-refractivity contribution in [1.29, 1.82) is 0 Å². The second-order valence-corrected chi connectivity index (χ2v) is 6.23. The minimum Gasteiger partial charge on any atom is -0.369 e. The highest BCUT2D eigenvalue weighted by Gasteiger charge is 2.46. The Bertz CT molecular complexity index is 194. The molecule has 1 fully saturated rings. The normalized spacial score (nSPS) is 24.5. The molecule has 0 amide bonds. The van der Waals surface area contributed by atoms with Gasteiger partial charge in [0.15, 0.2) is 0 Å². The van der Waals surface area contributed by atoms with E-state index >= 15 is 0 Å². The van der Waals surface area contributed by atoms with Crippen LogP contribution >= 0.6 is 0 Å². The summed E-state index contributed by atoms with van der Waals surface area (Å²) in [5.74, 6) is 1.62. The van der Waals surface area contributed by atoms with E-state index in [2.05, 4.69) is 27.7 Å². The Kier molecular flexibility index (Phi) is 7.97. The predicted octanol–water partition coefficient (Wildman–Crippen LogP) is 5.58. The van der Waals surface area contributed by atoms with Crippen LogP contribution in [0.5, 0.6) is 0 Å². The van der Waals surface area contributed by atoms with Crippen molar-refractivity contribution < 1.29 is 4.74 Å². The Morgan fingerprint density at radius 2 is 1.28 bits per heavy atom. The first kappa shape index (κ1) is 16.0. The molecule has 0 aromatic heterocycles. The van der Waals surface area contributed by atoms with E-state index in [1.165, 1.54) is 57.8 Å². The van der Waals surface area contributed by atoms with E-state index in [0.717, 1.165) is 11.8 Å². The number of epoxide rings is 1. The maximum absolute atomic E-state index is 6.03. The molecule has 0 aromatic rings. The van der Waals surface area contributed by atoms with Crippen LogP contribution in [0, 0.1) is 11.8 Å². The van der Waals surface area contributed by atoms with E-state index < -0.39 is 0 Å². The van der Waals surface area contributed by atoms with Gasteiger partial charge in [0.2, 0.25) is 0 Å². The van der Waals surface area contributed by atoms with Gasteiger partial charge < -0.3 is 4.74 Å².